The predicted octanol–water partition coefficient (Wildman–Crippen LogP) is 3.56. The number of carbonyl (C=O) groups is 2. The molecule has 2 rings (SSSR count). The Morgan fingerprint density at radius 3 is 2.33 bits per heavy atom. The molecule has 2 N–H and O–H groups in total. The zero-order valence-electron chi connectivity index (χ0n) is 12.2. The van der Waals surface area contributed by atoms with Gasteiger partial charge in [0.2, 0.25) is 0 Å². The van der Waals surface area contributed by atoms with Gasteiger partial charge < -0.3 is 10.4 Å². The van der Waals surface area contributed by atoms with Crippen molar-refractivity contribution in [1.29, 1.82) is 0 Å². The molecular formula is C17H17NO3. The second kappa shape index (κ2) is 5.79. The number of carbonyl (C=O) groups excluding carboxylic acids is 1. The van der Waals surface area contributed by atoms with Crippen LogP contribution in [-0.4, -0.2) is 17.0 Å². The van der Waals surface area contributed by atoms with Gasteiger partial charge in [0.15, 0.2) is 0 Å². The monoisotopic (exact) mass is 283 g/mol. The van der Waals surface area contributed by atoms with Crippen molar-refractivity contribution in [3.8, 4) is 0 Å². The molecule has 21 heavy (non-hydrogen) atoms. The summed E-state index contributed by atoms with van der Waals surface area (Å²) in [4.78, 5) is 23.7. The fourth-order valence-electron chi connectivity index (χ4n) is 2.17. The Morgan fingerprint density at radius 2 is 1.67 bits per heavy atom. The van der Waals surface area contributed by atoms with Crippen molar-refractivity contribution in [2.75, 3.05) is 5.32 Å². The molecule has 0 spiro atoms. The lowest BCUT2D eigenvalue weighted by Crippen LogP contribution is -2.17. The Hall–Kier alpha value is -2.62. The van der Waals surface area contributed by atoms with Crippen LogP contribution in [0.2, 0.25) is 0 Å². The molecule has 0 aliphatic heterocycles. The molecule has 0 aromatic heterocycles. The number of anilines is 1. The molecule has 4 nitrogen and oxygen atoms in total. The van der Waals surface area contributed by atoms with Gasteiger partial charge >= 0.3 is 5.97 Å². The third kappa shape index (κ3) is 3.11. The second-order valence-corrected chi connectivity index (χ2v) is 5.08. The Balaban J connectivity index is 2.41. The molecule has 1 amide bonds. The molecule has 0 radical (unpaired) electrons. The van der Waals surface area contributed by atoms with Crippen LogP contribution in [0.25, 0.3) is 0 Å². The van der Waals surface area contributed by atoms with E-state index in [9.17, 15) is 14.7 Å². The van der Waals surface area contributed by atoms with E-state index in [0.29, 0.717) is 16.8 Å². The zero-order valence-corrected chi connectivity index (χ0v) is 12.2. The Bertz CT molecular complexity index is 720. The van der Waals surface area contributed by atoms with Gasteiger partial charge in [0.1, 0.15) is 0 Å². The van der Waals surface area contributed by atoms with Crippen molar-refractivity contribution < 1.29 is 14.7 Å². The molecular weight excluding hydrogens is 266 g/mol. The maximum Gasteiger partial charge on any atom is 0.337 e. The number of para-hydroxylation sites is 1. The largest absolute Gasteiger partial charge is 0.478 e. The first kappa shape index (κ1) is 14.8. The lowest BCUT2D eigenvalue weighted by molar-refractivity contribution is 0.0698. The second-order valence-electron chi connectivity index (χ2n) is 5.08. The molecule has 2 aromatic carbocycles. The van der Waals surface area contributed by atoms with Gasteiger partial charge in [-0.05, 0) is 44.0 Å². The molecule has 0 saturated carbocycles. The first-order valence-electron chi connectivity index (χ1n) is 6.61. The average Bonchev–Trinajstić information content (AvgIpc) is 2.43. The van der Waals surface area contributed by atoms with Gasteiger partial charge in [0.05, 0.1) is 11.3 Å². The van der Waals surface area contributed by atoms with E-state index in [2.05, 4.69) is 5.32 Å². The third-order valence-corrected chi connectivity index (χ3v) is 3.38. The van der Waals surface area contributed by atoms with Gasteiger partial charge in [-0.3, -0.25) is 4.79 Å². The number of benzene rings is 2. The van der Waals surface area contributed by atoms with Crippen LogP contribution >= 0.6 is 0 Å². The van der Waals surface area contributed by atoms with E-state index in [1.54, 1.807) is 25.1 Å². The summed E-state index contributed by atoms with van der Waals surface area (Å²) in [6, 6.07) is 10.5. The lowest BCUT2D eigenvalue weighted by atomic mass is 10.0. The Kier molecular flexibility index (Phi) is 4.08. The third-order valence-electron chi connectivity index (χ3n) is 3.38. The summed E-state index contributed by atoms with van der Waals surface area (Å²) in [5.41, 5.74) is 3.53. The number of carboxylic acids is 1. The number of nitrogens with one attached hydrogen (secondary N) is 1. The van der Waals surface area contributed by atoms with Crippen molar-refractivity contribution in [3.63, 3.8) is 0 Å². The van der Waals surface area contributed by atoms with Crippen molar-refractivity contribution in [2.45, 2.75) is 20.8 Å². The molecule has 0 heterocycles. The lowest BCUT2D eigenvalue weighted by Gasteiger charge is -2.13. The fraction of sp³-hybridized carbons (Fsp3) is 0.176. The van der Waals surface area contributed by atoms with E-state index < -0.39 is 5.97 Å². The molecule has 2 aromatic rings. The van der Waals surface area contributed by atoms with E-state index in [4.69, 9.17) is 0 Å². The van der Waals surface area contributed by atoms with E-state index in [1.807, 2.05) is 26.0 Å². The average molecular weight is 283 g/mol. The van der Waals surface area contributed by atoms with Gasteiger partial charge in [0.25, 0.3) is 5.91 Å². The molecule has 0 saturated heterocycles. The van der Waals surface area contributed by atoms with Crippen LogP contribution in [0.4, 0.5) is 5.69 Å². The smallest absolute Gasteiger partial charge is 0.337 e. The van der Waals surface area contributed by atoms with Crippen molar-refractivity contribution in [1.82, 2.24) is 0 Å². The van der Waals surface area contributed by atoms with Crippen molar-refractivity contribution in [2.24, 2.45) is 0 Å². The van der Waals surface area contributed by atoms with Crippen molar-refractivity contribution in [3.05, 3.63) is 64.2 Å². The summed E-state index contributed by atoms with van der Waals surface area (Å²) in [6.45, 7) is 5.53. The van der Waals surface area contributed by atoms with Gasteiger partial charge in [-0.15, -0.1) is 0 Å². The van der Waals surface area contributed by atoms with Crippen LogP contribution < -0.4 is 5.32 Å². The summed E-state index contributed by atoms with van der Waals surface area (Å²) in [6.07, 6.45) is 0. The SMILES string of the molecule is Cc1ccc(C)c(C(=O)Nc2c(C)cccc2C(=O)O)c1. The summed E-state index contributed by atoms with van der Waals surface area (Å²) in [5.74, 6) is -1.36. The van der Waals surface area contributed by atoms with E-state index in [0.717, 1.165) is 11.1 Å². The highest BCUT2D eigenvalue weighted by Crippen LogP contribution is 2.22. The highest BCUT2D eigenvalue weighted by molar-refractivity contribution is 6.09. The number of rotatable bonds is 3. The molecule has 0 unspecified atom stereocenters. The van der Waals surface area contributed by atoms with E-state index in [1.165, 1.54) is 6.07 Å². The van der Waals surface area contributed by atoms with Crippen LogP contribution in [0.1, 0.15) is 37.4 Å². The van der Waals surface area contributed by atoms with E-state index >= 15 is 0 Å². The highest BCUT2D eigenvalue weighted by atomic mass is 16.4. The highest BCUT2D eigenvalue weighted by Gasteiger charge is 2.16. The standard InChI is InChI=1S/C17H17NO3/c1-10-7-8-11(2)14(9-10)16(19)18-15-12(3)5-4-6-13(15)17(20)21/h4-9H,1-3H3,(H,18,19)(H,20,21). The van der Waals surface area contributed by atoms with Gasteiger partial charge in [-0.25, -0.2) is 4.79 Å². The Morgan fingerprint density at radius 1 is 0.952 bits per heavy atom. The van der Waals surface area contributed by atoms with Crippen LogP contribution in [0.15, 0.2) is 36.4 Å². The topological polar surface area (TPSA) is 66.4 Å². The normalized spacial score (nSPS) is 10.2. The van der Waals surface area contributed by atoms with Crippen LogP contribution in [0.3, 0.4) is 0 Å². The zero-order chi connectivity index (χ0) is 15.6. The fourth-order valence-corrected chi connectivity index (χ4v) is 2.17. The van der Waals surface area contributed by atoms with Crippen molar-refractivity contribution >= 4 is 17.6 Å². The quantitative estimate of drug-likeness (QED) is 0.905. The number of amides is 1. The van der Waals surface area contributed by atoms with Crippen LogP contribution in [-0.2, 0) is 0 Å². The maximum atomic E-state index is 12.4. The molecule has 4 heteroatoms. The number of hydrogen-bond acceptors (Lipinski definition) is 2. The van der Waals surface area contributed by atoms with E-state index in [-0.39, 0.29) is 11.5 Å². The minimum atomic E-state index is -1.06. The molecule has 108 valence electrons. The molecule has 0 bridgehead atoms. The minimum Gasteiger partial charge on any atom is -0.478 e. The Labute approximate surface area is 123 Å². The number of hydrogen-bond donors (Lipinski definition) is 2. The summed E-state index contributed by atoms with van der Waals surface area (Å²) in [5, 5.41) is 11.9. The summed E-state index contributed by atoms with van der Waals surface area (Å²) in [7, 11) is 0. The molecule has 0 fully saturated rings. The molecule has 0 aliphatic rings. The first-order chi connectivity index (χ1) is 9.90. The number of carboxylic acid groups (broad SMARTS) is 1. The summed E-state index contributed by atoms with van der Waals surface area (Å²) >= 11 is 0. The predicted molar refractivity (Wildman–Crippen MR) is 82.0 cm³/mol. The summed E-state index contributed by atoms with van der Waals surface area (Å²) < 4.78 is 0. The maximum absolute atomic E-state index is 12.4. The van der Waals surface area contributed by atoms with Gasteiger partial charge in [-0.2, -0.15) is 0 Å². The number of aromatic carboxylic acids is 1. The molecule has 0 atom stereocenters. The van der Waals surface area contributed by atoms with Gasteiger partial charge in [0, 0.05) is 5.56 Å². The molecule has 0 aliphatic carbocycles. The minimum absolute atomic E-state index is 0.0913. The van der Waals surface area contributed by atoms with Crippen LogP contribution in [0, 0.1) is 20.8 Å². The van der Waals surface area contributed by atoms with Crippen LogP contribution in [0.5, 0.6) is 0 Å². The first-order valence-corrected chi connectivity index (χ1v) is 6.61. The number of aryl methyl sites for hydroxylation is 3. The van der Waals surface area contributed by atoms with Gasteiger partial charge in [-0.1, -0.05) is 29.8 Å².